The Morgan fingerprint density at radius 3 is 2.30 bits per heavy atom. The second kappa shape index (κ2) is 6.58. The van der Waals surface area contributed by atoms with Gasteiger partial charge in [0.15, 0.2) is 0 Å². The zero-order valence-electron chi connectivity index (χ0n) is 12.6. The maximum atomic E-state index is 5.85. The van der Waals surface area contributed by atoms with Crippen molar-refractivity contribution in [1.82, 2.24) is 0 Å². The largest absolute Gasteiger partial charge is 0.342 e. The maximum Gasteiger partial charge on any atom is 0.0413 e. The molecule has 2 rings (SSSR count). The minimum Gasteiger partial charge on any atom is -0.342 e. The summed E-state index contributed by atoms with van der Waals surface area (Å²) in [4.78, 5) is 2.32. The molecular weight excluding hydrogens is 244 g/mol. The van der Waals surface area contributed by atoms with Gasteiger partial charge in [0.2, 0.25) is 0 Å². The molecule has 0 saturated carbocycles. The van der Waals surface area contributed by atoms with E-state index in [1.165, 1.54) is 22.5 Å². The van der Waals surface area contributed by atoms with Crippen LogP contribution in [0.15, 0.2) is 48.5 Å². The SMILES string of the molecule is CCN(c1ccc(CC(C)N)cc1)c1cccc(C)c1. The van der Waals surface area contributed by atoms with Gasteiger partial charge >= 0.3 is 0 Å². The molecule has 20 heavy (non-hydrogen) atoms. The molecule has 0 aromatic heterocycles. The predicted octanol–water partition coefficient (Wildman–Crippen LogP) is 4.04. The first-order valence-corrected chi connectivity index (χ1v) is 7.29. The van der Waals surface area contributed by atoms with E-state index in [2.05, 4.69) is 67.3 Å². The average molecular weight is 268 g/mol. The van der Waals surface area contributed by atoms with E-state index in [0.29, 0.717) is 0 Å². The van der Waals surface area contributed by atoms with Gasteiger partial charge in [0.05, 0.1) is 0 Å². The molecule has 0 saturated heterocycles. The van der Waals surface area contributed by atoms with Gasteiger partial charge in [0, 0.05) is 24.0 Å². The van der Waals surface area contributed by atoms with Crippen LogP contribution in [0.1, 0.15) is 25.0 Å². The summed E-state index contributed by atoms with van der Waals surface area (Å²) in [6.45, 7) is 7.30. The first-order chi connectivity index (χ1) is 9.60. The van der Waals surface area contributed by atoms with Crippen molar-refractivity contribution in [2.75, 3.05) is 11.4 Å². The topological polar surface area (TPSA) is 29.3 Å². The lowest BCUT2D eigenvalue weighted by Gasteiger charge is -2.24. The Kier molecular flexibility index (Phi) is 4.80. The van der Waals surface area contributed by atoms with Crippen LogP contribution < -0.4 is 10.6 Å². The van der Waals surface area contributed by atoms with E-state index >= 15 is 0 Å². The van der Waals surface area contributed by atoms with Gasteiger partial charge in [0.25, 0.3) is 0 Å². The normalized spacial score (nSPS) is 12.2. The Labute approximate surface area is 122 Å². The molecule has 0 heterocycles. The minimum atomic E-state index is 0.208. The van der Waals surface area contributed by atoms with Crippen LogP contribution >= 0.6 is 0 Å². The second-order valence-corrected chi connectivity index (χ2v) is 5.43. The van der Waals surface area contributed by atoms with E-state index in [4.69, 9.17) is 5.73 Å². The molecule has 0 radical (unpaired) electrons. The lowest BCUT2D eigenvalue weighted by Crippen LogP contribution is -2.18. The zero-order valence-corrected chi connectivity index (χ0v) is 12.6. The molecular formula is C18H24N2. The third kappa shape index (κ3) is 3.61. The van der Waals surface area contributed by atoms with Gasteiger partial charge in [-0.25, -0.2) is 0 Å². The number of hydrogen-bond donors (Lipinski definition) is 1. The fourth-order valence-electron chi connectivity index (χ4n) is 2.49. The molecule has 0 fully saturated rings. The van der Waals surface area contributed by atoms with Gasteiger partial charge < -0.3 is 10.6 Å². The van der Waals surface area contributed by atoms with Crippen LogP contribution in [0.25, 0.3) is 0 Å². The highest BCUT2D eigenvalue weighted by molar-refractivity contribution is 5.63. The van der Waals surface area contributed by atoms with Crippen LogP contribution in [0.3, 0.4) is 0 Å². The maximum absolute atomic E-state index is 5.85. The summed E-state index contributed by atoms with van der Waals surface area (Å²) >= 11 is 0. The smallest absolute Gasteiger partial charge is 0.0413 e. The summed E-state index contributed by atoms with van der Waals surface area (Å²) in [7, 11) is 0. The average Bonchev–Trinajstić information content (AvgIpc) is 2.41. The van der Waals surface area contributed by atoms with Crippen LogP contribution in [0, 0.1) is 6.92 Å². The number of rotatable bonds is 5. The highest BCUT2D eigenvalue weighted by Crippen LogP contribution is 2.26. The van der Waals surface area contributed by atoms with Crippen molar-refractivity contribution in [3.05, 3.63) is 59.7 Å². The van der Waals surface area contributed by atoms with Gasteiger partial charge in [-0.15, -0.1) is 0 Å². The summed E-state index contributed by atoms with van der Waals surface area (Å²) in [6, 6.07) is 17.5. The number of aryl methyl sites for hydroxylation is 1. The highest BCUT2D eigenvalue weighted by Gasteiger charge is 2.07. The standard InChI is InChI=1S/C18H24N2/c1-4-20(18-7-5-6-14(2)12-18)17-10-8-16(9-11-17)13-15(3)19/h5-12,15H,4,13,19H2,1-3H3. The lowest BCUT2D eigenvalue weighted by molar-refractivity contribution is 0.738. The van der Waals surface area contributed by atoms with E-state index in [9.17, 15) is 0 Å². The molecule has 2 N–H and O–H groups in total. The van der Waals surface area contributed by atoms with Crippen LogP contribution in [0.5, 0.6) is 0 Å². The Morgan fingerprint density at radius 2 is 1.75 bits per heavy atom. The first kappa shape index (κ1) is 14.6. The first-order valence-electron chi connectivity index (χ1n) is 7.29. The Hall–Kier alpha value is -1.80. The zero-order chi connectivity index (χ0) is 14.5. The Morgan fingerprint density at radius 1 is 1.05 bits per heavy atom. The molecule has 0 aliphatic carbocycles. The van der Waals surface area contributed by atoms with Gasteiger partial charge in [-0.2, -0.15) is 0 Å². The van der Waals surface area contributed by atoms with Crippen molar-refractivity contribution in [2.24, 2.45) is 5.73 Å². The molecule has 2 heteroatoms. The molecule has 0 aliphatic heterocycles. The number of benzene rings is 2. The van der Waals surface area contributed by atoms with Crippen molar-refractivity contribution < 1.29 is 0 Å². The third-order valence-corrected chi connectivity index (χ3v) is 3.44. The number of hydrogen-bond acceptors (Lipinski definition) is 2. The van der Waals surface area contributed by atoms with Crippen molar-refractivity contribution in [2.45, 2.75) is 33.2 Å². The van der Waals surface area contributed by atoms with E-state index in [1.807, 2.05) is 6.92 Å². The van der Waals surface area contributed by atoms with Gasteiger partial charge in [-0.05, 0) is 62.6 Å². The van der Waals surface area contributed by atoms with Crippen LogP contribution in [0.2, 0.25) is 0 Å². The van der Waals surface area contributed by atoms with Crippen molar-refractivity contribution >= 4 is 11.4 Å². The molecule has 0 aliphatic rings. The molecule has 1 atom stereocenters. The van der Waals surface area contributed by atoms with Crippen LogP contribution in [-0.2, 0) is 6.42 Å². The number of anilines is 2. The van der Waals surface area contributed by atoms with E-state index in [1.54, 1.807) is 0 Å². The van der Waals surface area contributed by atoms with Crippen LogP contribution in [-0.4, -0.2) is 12.6 Å². The molecule has 0 amide bonds. The lowest BCUT2D eigenvalue weighted by atomic mass is 10.1. The van der Waals surface area contributed by atoms with Gasteiger partial charge in [0.1, 0.15) is 0 Å². The summed E-state index contributed by atoms with van der Waals surface area (Å²) in [6.07, 6.45) is 0.927. The summed E-state index contributed by atoms with van der Waals surface area (Å²) < 4.78 is 0. The number of nitrogens with two attached hydrogens (primary N) is 1. The molecule has 1 unspecified atom stereocenters. The van der Waals surface area contributed by atoms with Crippen LogP contribution in [0.4, 0.5) is 11.4 Å². The molecule has 106 valence electrons. The quantitative estimate of drug-likeness (QED) is 0.886. The summed E-state index contributed by atoms with van der Waals surface area (Å²) in [5.74, 6) is 0. The summed E-state index contributed by atoms with van der Waals surface area (Å²) in [5.41, 5.74) is 10.9. The van der Waals surface area contributed by atoms with Gasteiger partial charge in [-0.3, -0.25) is 0 Å². The third-order valence-electron chi connectivity index (χ3n) is 3.44. The highest BCUT2D eigenvalue weighted by atomic mass is 15.1. The number of nitrogens with zero attached hydrogens (tertiary/aromatic N) is 1. The van der Waals surface area contributed by atoms with Crippen molar-refractivity contribution in [3.8, 4) is 0 Å². The van der Waals surface area contributed by atoms with Crippen molar-refractivity contribution in [3.63, 3.8) is 0 Å². The molecule has 2 nitrogen and oxygen atoms in total. The minimum absolute atomic E-state index is 0.208. The molecule has 0 spiro atoms. The fraction of sp³-hybridized carbons (Fsp3) is 0.333. The Balaban J connectivity index is 2.23. The Bertz CT molecular complexity index is 544. The molecule has 2 aromatic carbocycles. The van der Waals surface area contributed by atoms with E-state index in [0.717, 1.165) is 13.0 Å². The fourth-order valence-corrected chi connectivity index (χ4v) is 2.49. The summed E-state index contributed by atoms with van der Waals surface area (Å²) in [5, 5.41) is 0. The van der Waals surface area contributed by atoms with E-state index in [-0.39, 0.29) is 6.04 Å². The van der Waals surface area contributed by atoms with Crippen molar-refractivity contribution in [1.29, 1.82) is 0 Å². The molecule has 2 aromatic rings. The monoisotopic (exact) mass is 268 g/mol. The van der Waals surface area contributed by atoms with Gasteiger partial charge in [-0.1, -0.05) is 24.3 Å². The predicted molar refractivity (Wildman–Crippen MR) is 87.7 cm³/mol. The molecule has 0 bridgehead atoms. The van der Waals surface area contributed by atoms with E-state index < -0.39 is 0 Å². The second-order valence-electron chi connectivity index (χ2n) is 5.43.